The molecule has 5 saturated carbocycles. The maximum atomic E-state index is 2.11. The lowest BCUT2D eigenvalue weighted by atomic mass is 9.57. The molecule has 3 atom stereocenters. The van der Waals surface area contributed by atoms with Crippen molar-refractivity contribution in [1.82, 2.24) is 0 Å². The molecule has 0 aromatic carbocycles. The molecular formula is C30H51. The quantitative estimate of drug-likeness (QED) is 0.373. The first-order valence-corrected chi connectivity index (χ1v) is 14.7. The van der Waals surface area contributed by atoms with Gasteiger partial charge in [0.15, 0.2) is 0 Å². The van der Waals surface area contributed by atoms with Crippen LogP contribution in [0.1, 0.15) is 141 Å². The molecule has 0 heterocycles. The third kappa shape index (κ3) is 4.98. The maximum absolute atomic E-state index is 2.11. The Bertz CT molecular complexity index is 478. The van der Waals surface area contributed by atoms with Gasteiger partial charge in [0, 0.05) is 0 Å². The lowest BCUT2D eigenvalue weighted by molar-refractivity contribution is 0.0506. The Morgan fingerprint density at radius 3 is 1.60 bits per heavy atom. The van der Waals surface area contributed by atoms with Crippen molar-refractivity contribution < 1.29 is 0 Å². The second kappa shape index (κ2) is 10.7. The summed E-state index contributed by atoms with van der Waals surface area (Å²) in [6, 6.07) is 0. The van der Waals surface area contributed by atoms with E-state index in [1.54, 1.807) is 109 Å². The van der Waals surface area contributed by atoms with Gasteiger partial charge in [-0.15, -0.1) is 0 Å². The van der Waals surface area contributed by atoms with Gasteiger partial charge in [0.05, 0.1) is 0 Å². The first-order chi connectivity index (χ1) is 14.9. The van der Waals surface area contributed by atoms with Crippen molar-refractivity contribution in [3.8, 4) is 0 Å². The van der Waals surface area contributed by atoms with Crippen LogP contribution in [0.4, 0.5) is 0 Å². The molecule has 171 valence electrons. The molecule has 1 radical (unpaired) electrons. The predicted octanol–water partition coefficient (Wildman–Crippen LogP) is 9.52. The molecule has 5 fully saturated rings. The van der Waals surface area contributed by atoms with E-state index < -0.39 is 0 Å². The average molecular weight is 412 g/mol. The molecule has 0 heteroatoms. The van der Waals surface area contributed by atoms with Crippen LogP contribution in [-0.4, -0.2) is 0 Å². The van der Waals surface area contributed by atoms with E-state index in [0.717, 1.165) is 41.4 Å². The van der Waals surface area contributed by atoms with E-state index >= 15 is 0 Å². The second-order valence-corrected chi connectivity index (χ2v) is 12.5. The van der Waals surface area contributed by atoms with E-state index in [1.807, 2.05) is 0 Å². The average Bonchev–Trinajstić information content (AvgIpc) is 3.59. The summed E-state index contributed by atoms with van der Waals surface area (Å²) in [6.07, 6.45) is 34.3. The van der Waals surface area contributed by atoms with Crippen LogP contribution >= 0.6 is 0 Å². The molecule has 3 unspecified atom stereocenters. The fourth-order valence-electron chi connectivity index (χ4n) is 9.51. The molecular weight excluding hydrogens is 360 g/mol. The summed E-state index contributed by atoms with van der Waals surface area (Å²) in [4.78, 5) is 0. The Balaban J connectivity index is 1.46. The summed E-state index contributed by atoms with van der Waals surface area (Å²) in [5.41, 5.74) is 0. The van der Waals surface area contributed by atoms with Crippen molar-refractivity contribution in [3.63, 3.8) is 0 Å². The molecule has 0 amide bonds. The zero-order chi connectivity index (χ0) is 20.2. The Morgan fingerprint density at radius 1 is 0.500 bits per heavy atom. The van der Waals surface area contributed by atoms with Gasteiger partial charge < -0.3 is 0 Å². The van der Waals surface area contributed by atoms with Crippen LogP contribution in [0.2, 0.25) is 0 Å². The lowest BCUT2D eigenvalue weighted by Gasteiger charge is -2.48. The van der Waals surface area contributed by atoms with Crippen molar-refractivity contribution in [2.45, 2.75) is 141 Å². The summed E-state index contributed by atoms with van der Waals surface area (Å²) < 4.78 is 0. The van der Waals surface area contributed by atoms with Gasteiger partial charge in [0.1, 0.15) is 0 Å². The molecule has 0 aromatic heterocycles. The molecule has 0 saturated heterocycles. The molecule has 0 spiro atoms. The minimum Gasteiger partial charge on any atom is -0.0533 e. The SMILES string of the molecule is C1CC[C](C(C2CCCC2)C(C2CCCC2)C(CC2CCCC2)C2CCCC2)CC1. The number of hydrogen-bond donors (Lipinski definition) is 0. The molecule has 0 aliphatic heterocycles. The zero-order valence-electron chi connectivity index (χ0n) is 20.1. The minimum atomic E-state index is 1.04. The summed E-state index contributed by atoms with van der Waals surface area (Å²) in [7, 11) is 0. The molecule has 0 nitrogen and oxygen atoms in total. The summed E-state index contributed by atoms with van der Waals surface area (Å²) in [5.74, 6) is 9.71. The third-order valence-corrected chi connectivity index (χ3v) is 10.8. The number of hydrogen-bond acceptors (Lipinski definition) is 0. The highest BCUT2D eigenvalue weighted by atomic mass is 14.5. The molecule has 0 aromatic rings. The van der Waals surface area contributed by atoms with E-state index in [4.69, 9.17) is 0 Å². The van der Waals surface area contributed by atoms with Crippen molar-refractivity contribution in [1.29, 1.82) is 0 Å². The lowest BCUT2D eigenvalue weighted by Crippen LogP contribution is -2.40. The van der Waals surface area contributed by atoms with Crippen molar-refractivity contribution in [2.24, 2.45) is 41.4 Å². The normalized spacial score (nSPS) is 31.6. The summed E-state index contributed by atoms with van der Waals surface area (Å²) in [6.45, 7) is 0. The van der Waals surface area contributed by atoms with Gasteiger partial charge in [-0.05, 0) is 66.6 Å². The highest BCUT2D eigenvalue weighted by Gasteiger charge is 2.47. The molecule has 0 bridgehead atoms. The monoisotopic (exact) mass is 411 g/mol. The van der Waals surface area contributed by atoms with Crippen LogP contribution in [0, 0.1) is 47.3 Å². The highest BCUT2D eigenvalue weighted by molar-refractivity contribution is 5.07. The Hall–Kier alpha value is 0. The van der Waals surface area contributed by atoms with Crippen LogP contribution in [-0.2, 0) is 0 Å². The van der Waals surface area contributed by atoms with Crippen molar-refractivity contribution >= 4 is 0 Å². The van der Waals surface area contributed by atoms with Crippen LogP contribution in [0.3, 0.4) is 0 Å². The van der Waals surface area contributed by atoms with Gasteiger partial charge in [-0.3, -0.25) is 0 Å². The summed E-state index contributed by atoms with van der Waals surface area (Å²) >= 11 is 0. The molecule has 30 heavy (non-hydrogen) atoms. The van der Waals surface area contributed by atoms with E-state index in [0.29, 0.717) is 0 Å². The topological polar surface area (TPSA) is 0 Å². The van der Waals surface area contributed by atoms with E-state index in [1.165, 1.54) is 32.1 Å². The fourth-order valence-corrected chi connectivity index (χ4v) is 9.51. The second-order valence-electron chi connectivity index (χ2n) is 12.5. The fraction of sp³-hybridized carbons (Fsp3) is 0.967. The van der Waals surface area contributed by atoms with Gasteiger partial charge >= 0.3 is 0 Å². The van der Waals surface area contributed by atoms with Gasteiger partial charge in [-0.2, -0.15) is 0 Å². The Kier molecular flexibility index (Phi) is 7.82. The summed E-state index contributed by atoms with van der Waals surface area (Å²) in [5, 5.41) is 0. The van der Waals surface area contributed by atoms with Crippen LogP contribution in [0.25, 0.3) is 0 Å². The van der Waals surface area contributed by atoms with Gasteiger partial charge in [-0.25, -0.2) is 0 Å². The standard InChI is InChI=1S/C30H51/c1-2-16-25(17-3-1)29(26-18-8-9-19-26)30(27-20-10-11-21-27)28(24-14-6-7-15-24)22-23-12-4-5-13-23/h23-24,26-30H,1-22H2. The first kappa shape index (κ1) is 21.8. The first-order valence-electron chi connectivity index (χ1n) is 14.7. The van der Waals surface area contributed by atoms with Crippen LogP contribution in [0.15, 0.2) is 0 Å². The van der Waals surface area contributed by atoms with Crippen molar-refractivity contribution in [2.75, 3.05) is 0 Å². The van der Waals surface area contributed by atoms with Crippen LogP contribution in [0.5, 0.6) is 0 Å². The predicted molar refractivity (Wildman–Crippen MR) is 129 cm³/mol. The Morgan fingerprint density at radius 2 is 1.00 bits per heavy atom. The van der Waals surface area contributed by atoms with E-state index in [9.17, 15) is 0 Å². The van der Waals surface area contributed by atoms with Gasteiger partial charge in [-0.1, -0.05) is 122 Å². The molecule has 0 N–H and O–H groups in total. The zero-order valence-corrected chi connectivity index (χ0v) is 20.1. The van der Waals surface area contributed by atoms with Gasteiger partial charge in [0.2, 0.25) is 0 Å². The Labute approximate surface area is 188 Å². The maximum Gasteiger partial charge on any atom is -0.0204 e. The molecule has 5 aliphatic rings. The smallest absolute Gasteiger partial charge is 0.0204 e. The minimum absolute atomic E-state index is 1.04. The highest BCUT2D eigenvalue weighted by Crippen LogP contribution is 2.56. The van der Waals surface area contributed by atoms with Crippen molar-refractivity contribution in [3.05, 3.63) is 5.92 Å². The van der Waals surface area contributed by atoms with E-state index in [-0.39, 0.29) is 0 Å². The molecule has 5 aliphatic carbocycles. The molecule has 5 rings (SSSR count). The van der Waals surface area contributed by atoms with Crippen LogP contribution < -0.4 is 0 Å². The third-order valence-electron chi connectivity index (χ3n) is 10.8. The van der Waals surface area contributed by atoms with Gasteiger partial charge in [0.25, 0.3) is 0 Å². The number of rotatable bonds is 8. The van der Waals surface area contributed by atoms with E-state index in [2.05, 4.69) is 5.92 Å². The largest absolute Gasteiger partial charge is 0.0533 e.